The van der Waals surface area contributed by atoms with Gasteiger partial charge in [-0.3, -0.25) is 14.4 Å². The second-order valence-corrected chi connectivity index (χ2v) is 6.54. The number of carboxylic acid groups (broad SMARTS) is 1. The van der Waals surface area contributed by atoms with Crippen LogP contribution in [-0.2, 0) is 25.6 Å². The summed E-state index contributed by atoms with van der Waals surface area (Å²) in [4.78, 5) is 47.2. The standard InChI is InChI=1S/C18H26N4O6/c1-10(2)16(18(27)28)22-17(26)13(7-11-3-5-12(23)6-4-11)21-15(25)9-20-14(24)8-19/h3-6,10,13,16,23H,7-9,19H2,1-2H3,(H,20,24)(H,21,25)(H,22,26)(H,27,28). The first-order valence-electron chi connectivity index (χ1n) is 8.71. The number of hydrogen-bond acceptors (Lipinski definition) is 6. The average Bonchev–Trinajstić information content (AvgIpc) is 2.64. The van der Waals surface area contributed by atoms with Crippen LogP contribution >= 0.6 is 0 Å². The van der Waals surface area contributed by atoms with Crippen molar-refractivity contribution in [3.8, 4) is 5.75 Å². The smallest absolute Gasteiger partial charge is 0.326 e. The highest BCUT2D eigenvalue weighted by atomic mass is 16.4. The molecule has 28 heavy (non-hydrogen) atoms. The van der Waals surface area contributed by atoms with E-state index in [2.05, 4.69) is 16.0 Å². The highest BCUT2D eigenvalue weighted by molar-refractivity contribution is 5.92. The normalized spacial score (nSPS) is 12.7. The Hall–Kier alpha value is -3.14. The monoisotopic (exact) mass is 394 g/mol. The summed E-state index contributed by atoms with van der Waals surface area (Å²) >= 11 is 0. The third-order valence-electron chi connectivity index (χ3n) is 3.89. The van der Waals surface area contributed by atoms with E-state index < -0.39 is 35.8 Å². The van der Waals surface area contributed by atoms with E-state index in [1.807, 2.05) is 0 Å². The molecular weight excluding hydrogens is 368 g/mol. The zero-order valence-electron chi connectivity index (χ0n) is 15.8. The summed E-state index contributed by atoms with van der Waals surface area (Å²) < 4.78 is 0. The molecule has 0 aliphatic rings. The summed E-state index contributed by atoms with van der Waals surface area (Å²) in [6.45, 7) is 2.64. The lowest BCUT2D eigenvalue weighted by Crippen LogP contribution is -2.55. The molecular formula is C18H26N4O6. The summed E-state index contributed by atoms with van der Waals surface area (Å²) in [5.74, 6) is -3.34. The number of amides is 3. The Bertz CT molecular complexity index is 705. The van der Waals surface area contributed by atoms with Crippen LogP contribution in [0.1, 0.15) is 19.4 Å². The SMILES string of the molecule is CC(C)C(NC(=O)C(Cc1ccc(O)cc1)NC(=O)CNC(=O)CN)C(=O)O. The molecule has 0 aliphatic carbocycles. The highest BCUT2D eigenvalue weighted by Crippen LogP contribution is 2.12. The van der Waals surface area contributed by atoms with Gasteiger partial charge in [0.1, 0.15) is 17.8 Å². The molecule has 154 valence electrons. The molecule has 0 heterocycles. The number of phenolic OH excluding ortho intramolecular Hbond substituents is 1. The van der Waals surface area contributed by atoms with Gasteiger partial charge in [0.25, 0.3) is 0 Å². The van der Waals surface area contributed by atoms with Crippen LogP contribution in [0.5, 0.6) is 5.75 Å². The van der Waals surface area contributed by atoms with Crippen molar-refractivity contribution in [1.29, 1.82) is 0 Å². The molecule has 0 aromatic heterocycles. The number of aromatic hydroxyl groups is 1. The highest BCUT2D eigenvalue weighted by Gasteiger charge is 2.28. The number of carboxylic acids is 1. The number of nitrogens with two attached hydrogens (primary N) is 1. The van der Waals surface area contributed by atoms with Crippen molar-refractivity contribution in [2.24, 2.45) is 11.7 Å². The molecule has 1 aromatic carbocycles. The number of hydrogen-bond donors (Lipinski definition) is 6. The van der Waals surface area contributed by atoms with Crippen molar-refractivity contribution in [2.75, 3.05) is 13.1 Å². The fourth-order valence-corrected chi connectivity index (χ4v) is 2.34. The van der Waals surface area contributed by atoms with Gasteiger partial charge in [-0.25, -0.2) is 4.79 Å². The van der Waals surface area contributed by atoms with Gasteiger partial charge in [0, 0.05) is 6.42 Å². The lowest BCUT2D eigenvalue weighted by molar-refractivity contribution is -0.143. The van der Waals surface area contributed by atoms with Gasteiger partial charge in [0.2, 0.25) is 17.7 Å². The van der Waals surface area contributed by atoms with Crippen LogP contribution in [-0.4, -0.2) is 59.1 Å². The molecule has 0 saturated carbocycles. The van der Waals surface area contributed by atoms with E-state index in [1.54, 1.807) is 26.0 Å². The molecule has 7 N–H and O–H groups in total. The van der Waals surface area contributed by atoms with E-state index >= 15 is 0 Å². The second-order valence-electron chi connectivity index (χ2n) is 6.54. The first-order valence-corrected chi connectivity index (χ1v) is 8.71. The van der Waals surface area contributed by atoms with Gasteiger partial charge in [-0.15, -0.1) is 0 Å². The molecule has 10 heteroatoms. The number of phenols is 1. The largest absolute Gasteiger partial charge is 0.508 e. The average molecular weight is 394 g/mol. The third kappa shape index (κ3) is 7.62. The van der Waals surface area contributed by atoms with E-state index in [4.69, 9.17) is 5.73 Å². The second kappa shape index (κ2) is 10.9. The molecule has 2 atom stereocenters. The Morgan fingerprint density at radius 3 is 2.14 bits per heavy atom. The van der Waals surface area contributed by atoms with Crippen molar-refractivity contribution < 1.29 is 29.4 Å². The minimum absolute atomic E-state index is 0.0454. The van der Waals surface area contributed by atoms with Gasteiger partial charge in [-0.1, -0.05) is 26.0 Å². The Balaban J connectivity index is 2.90. The zero-order chi connectivity index (χ0) is 21.3. The fourth-order valence-electron chi connectivity index (χ4n) is 2.34. The predicted octanol–water partition coefficient (Wildman–Crippen LogP) is -1.28. The van der Waals surface area contributed by atoms with Gasteiger partial charge in [0.15, 0.2) is 0 Å². The zero-order valence-corrected chi connectivity index (χ0v) is 15.8. The Morgan fingerprint density at radius 2 is 1.64 bits per heavy atom. The predicted molar refractivity (Wildman–Crippen MR) is 100 cm³/mol. The quantitative estimate of drug-likeness (QED) is 0.287. The number of aliphatic carboxylic acids is 1. The van der Waals surface area contributed by atoms with E-state index in [9.17, 15) is 29.4 Å². The molecule has 10 nitrogen and oxygen atoms in total. The molecule has 0 bridgehead atoms. The van der Waals surface area contributed by atoms with Crippen molar-refractivity contribution >= 4 is 23.7 Å². The van der Waals surface area contributed by atoms with Crippen LogP contribution < -0.4 is 21.7 Å². The van der Waals surface area contributed by atoms with E-state index in [0.29, 0.717) is 5.56 Å². The maximum absolute atomic E-state index is 12.6. The summed E-state index contributed by atoms with van der Waals surface area (Å²) in [7, 11) is 0. The first kappa shape index (κ1) is 22.9. The molecule has 1 aromatic rings. The third-order valence-corrected chi connectivity index (χ3v) is 3.89. The van der Waals surface area contributed by atoms with Gasteiger partial charge in [0.05, 0.1) is 13.1 Å². The number of carbonyl (C=O) groups is 4. The van der Waals surface area contributed by atoms with Crippen LogP contribution in [0.3, 0.4) is 0 Å². The summed E-state index contributed by atoms with van der Waals surface area (Å²) in [6, 6.07) is 3.82. The summed E-state index contributed by atoms with van der Waals surface area (Å²) in [6.07, 6.45) is 0.0626. The van der Waals surface area contributed by atoms with Gasteiger partial charge < -0.3 is 31.9 Å². The van der Waals surface area contributed by atoms with Gasteiger partial charge >= 0.3 is 5.97 Å². The molecule has 0 saturated heterocycles. The lowest BCUT2D eigenvalue weighted by atomic mass is 10.0. The lowest BCUT2D eigenvalue weighted by Gasteiger charge is -2.23. The Kier molecular flexibility index (Phi) is 8.89. The van der Waals surface area contributed by atoms with Crippen LogP contribution in [0.4, 0.5) is 0 Å². The van der Waals surface area contributed by atoms with Crippen molar-refractivity contribution in [3.05, 3.63) is 29.8 Å². The maximum atomic E-state index is 12.6. The Labute approximate surface area is 162 Å². The first-order chi connectivity index (χ1) is 13.1. The summed E-state index contributed by atoms with van der Waals surface area (Å²) in [5.41, 5.74) is 5.79. The molecule has 0 radical (unpaired) electrons. The van der Waals surface area contributed by atoms with Crippen LogP contribution in [0.25, 0.3) is 0 Å². The van der Waals surface area contributed by atoms with Crippen LogP contribution in [0.15, 0.2) is 24.3 Å². The summed E-state index contributed by atoms with van der Waals surface area (Å²) in [5, 5.41) is 25.8. The van der Waals surface area contributed by atoms with E-state index in [0.717, 1.165) is 0 Å². The van der Waals surface area contributed by atoms with E-state index in [-0.39, 0.29) is 31.2 Å². The molecule has 0 aliphatic heterocycles. The number of nitrogens with one attached hydrogen (secondary N) is 3. The number of rotatable bonds is 10. The van der Waals surface area contributed by atoms with Crippen molar-refractivity contribution in [2.45, 2.75) is 32.4 Å². The van der Waals surface area contributed by atoms with Crippen LogP contribution in [0, 0.1) is 5.92 Å². The van der Waals surface area contributed by atoms with Crippen LogP contribution in [0.2, 0.25) is 0 Å². The molecule has 3 amide bonds. The fraction of sp³-hybridized carbons (Fsp3) is 0.444. The molecule has 1 rings (SSSR count). The topological polar surface area (TPSA) is 171 Å². The van der Waals surface area contributed by atoms with Gasteiger partial charge in [-0.2, -0.15) is 0 Å². The molecule has 2 unspecified atom stereocenters. The van der Waals surface area contributed by atoms with E-state index in [1.165, 1.54) is 12.1 Å². The maximum Gasteiger partial charge on any atom is 0.326 e. The van der Waals surface area contributed by atoms with Gasteiger partial charge in [-0.05, 0) is 23.6 Å². The Morgan fingerprint density at radius 1 is 1.04 bits per heavy atom. The molecule has 0 fully saturated rings. The van der Waals surface area contributed by atoms with Crippen molar-refractivity contribution in [3.63, 3.8) is 0 Å². The number of carbonyl (C=O) groups excluding carboxylic acids is 3. The number of benzene rings is 1. The minimum atomic E-state index is -1.19. The van der Waals surface area contributed by atoms with Crippen molar-refractivity contribution in [1.82, 2.24) is 16.0 Å². The minimum Gasteiger partial charge on any atom is -0.508 e. The molecule has 0 spiro atoms.